The molecule has 0 saturated heterocycles. The Labute approximate surface area is 89.3 Å². The molecule has 0 spiro atoms. The second kappa shape index (κ2) is 8.60. The molecule has 12 heavy (non-hydrogen) atoms. The van der Waals surface area contributed by atoms with E-state index < -0.39 is 16.2 Å². The van der Waals surface area contributed by atoms with E-state index in [-0.39, 0.29) is 0 Å². The van der Waals surface area contributed by atoms with Gasteiger partial charge in [-0.1, -0.05) is 38.8 Å². The normalized spacial score (nSPS) is 16.0. The highest BCUT2D eigenvalue weighted by molar-refractivity contribution is 7.06. The highest BCUT2D eigenvalue weighted by atomic mass is 35.6. The van der Waals surface area contributed by atoms with Crippen LogP contribution >= 0.6 is 22.2 Å². The summed E-state index contributed by atoms with van der Waals surface area (Å²) in [6.45, 7) is 4.41. The van der Waals surface area contributed by atoms with Crippen LogP contribution < -0.4 is 0 Å². The third-order valence-electron chi connectivity index (χ3n) is 1.95. The Morgan fingerprint density at radius 1 is 0.750 bits per heavy atom. The molecule has 4 heteroatoms. The predicted octanol–water partition coefficient (Wildman–Crippen LogP) is 3.73. The van der Waals surface area contributed by atoms with Gasteiger partial charge in [-0.2, -0.15) is 22.2 Å². The van der Waals surface area contributed by atoms with Crippen molar-refractivity contribution in [1.82, 2.24) is 0 Å². The highest BCUT2D eigenvalue weighted by Crippen LogP contribution is 2.11. The third kappa shape index (κ3) is 11.0. The molecular weight excluding hydrogens is 223 g/mol. The van der Waals surface area contributed by atoms with Gasteiger partial charge >= 0.3 is 0 Å². The Kier molecular flexibility index (Phi) is 9.33. The van der Waals surface area contributed by atoms with Gasteiger partial charge in [0.15, 0.2) is 0 Å². The van der Waals surface area contributed by atoms with E-state index in [4.69, 9.17) is 22.2 Å². The summed E-state index contributed by atoms with van der Waals surface area (Å²) in [6.07, 6.45) is 5.41. The van der Waals surface area contributed by atoms with Crippen molar-refractivity contribution >= 4 is 38.4 Å². The maximum Gasteiger partial charge on any atom is 0.138 e. The van der Waals surface area contributed by atoms with Gasteiger partial charge in [0.25, 0.3) is 0 Å². The van der Waals surface area contributed by atoms with Crippen molar-refractivity contribution in [2.24, 2.45) is 0 Å². The van der Waals surface area contributed by atoms with Crippen molar-refractivity contribution in [3.63, 3.8) is 0 Å². The van der Waals surface area contributed by atoms with Crippen molar-refractivity contribution in [3.8, 4) is 0 Å². The van der Waals surface area contributed by atoms with Gasteiger partial charge in [0.2, 0.25) is 0 Å². The fourth-order valence-corrected chi connectivity index (χ4v) is 3.83. The van der Waals surface area contributed by atoms with Crippen LogP contribution in [0.1, 0.15) is 25.7 Å². The predicted molar refractivity (Wildman–Crippen MR) is 65.8 cm³/mol. The Morgan fingerprint density at radius 2 is 1.08 bits per heavy atom. The maximum absolute atomic E-state index is 5.97. The molecule has 0 aromatic rings. The molecule has 0 fully saturated rings. The molecule has 0 bridgehead atoms. The minimum absolute atomic E-state index is 0.787. The van der Waals surface area contributed by atoms with Crippen LogP contribution in [0.5, 0.6) is 0 Å². The summed E-state index contributed by atoms with van der Waals surface area (Å²) in [5, 5.41) is 0. The fraction of sp³-hybridized carbons (Fsp3) is 1.00. The number of hydrogen-bond acceptors (Lipinski definition) is 0. The fourth-order valence-electron chi connectivity index (χ4n) is 1.20. The Morgan fingerprint density at radius 3 is 1.33 bits per heavy atom. The Bertz CT molecular complexity index is 85.1. The van der Waals surface area contributed by atoms with Crippen molar-refractivity contribution in [3.05, 3.63) is 0 Å². The van der Waals surface area contributed by atoms with E-state index in [1.807, 2.05) is 0 Å². The topological polar surface area (TPSA) is 0 Å². The van der Waals surface area contributed by atoms with Gasteiger partial charge in [-0.3, -0.25) is 0 Å². The molecule has 0 nitrogen and oxygen atoms in total. The van der Waals surface area contributed by atoms with Crippen LogP contribution in [0, 0.1) is 0 Å². The minimum atomic E-state index is -0.787. The highest BCUT2D eigenvalue weighted by Gasteiger charge is 2.00. The van der Waals surface area contributed by atoms with Gasteiger partial charge in [0.05, 0.1) is 0 Å². The van der Waals surface area contributed by atoms with Gasteiger partial charge in [0.1, 0.15) is 16.2 Å². The molecule has 0 heterocycles. The molecule has 2 atom stereocenters. The molecule has 0 aliphatic carbocycles. The molecule has 0 aliphatic rings. The van der Waals surface area contributed by atoms with Crippen LogP contribution in [-0.2, 0) is 0 Å². The van der Waals surface area contributed by atoms with Crippen molar-refractivity contribution < 1.29 is 0 Å². The van der Waals surface area contributed by atoms with Crippen LogP contribution in [0.4, 0.5) is 0 Å². The first kappa shape index (κ1) is 13.0. The molecule has 0 aliphatic heterocycles. The van der Waals surface area contributed by atoms with E-state index in [1.165, 1.54) is 37.8 Å². The summed E-state index contributed by atoms with van der Waals surface area (Å²) in [7, 11) is -1.57. The second-order valence-electron chi connectivity index (χ2n) is 3.55. The molecule has 0 amide bonds. The second-order valence-corrected chi connectivity index (χ2v) is 12.3. The van der Waals surface area contributed by atoms with Gasteiger partial charge in [-0.25, -0.2) is 0 Å². The first-order valence-corrected chi connectivity index (χ1v) is 12.3. The van der Waals surface area contributed by atoms with E-state index in [9.17, 15) is 0 Å². The SMILES string of the molecule is C[SiH](Cl)CCCCCC[SiH](C)Cl. The molecule has 0 N–H and O–H groups in total. The van der Waals surface area contributed by atoms with Crippen LogP contribution in [0.15, 0.2) is 0 Å². The average molecular weight is 243 g/mol. The first-order valence-electron chi connectivity index (χ1n) is 4.91. The van der Waals surface area contributed by atoms with Crippen LogP contribution in [0.25, 0.3) is 0 Å². The zero-order chi connectivity index (χ0) is 9.40. The van der Waals surface area contributed by atoms with E-state index >= 15 is 0 Å². The van der Waals surface area contributed by atoms with Crippen LogP contribution in [-0.4, -0.2) is 16.2 Å². The number of rotatable bonds is 7. The van der Waals surface area contributed by atoms with Crippen LogP contribution in [0.3, 0.4) is 0 Å². The number of unbranched alkanes of at least 4 members (excludes halogenated alkanes) is 3. The quantitative estimate of drug-likeness (QED) is 0.363. The maximum atomic E-state index is 5.97. The number of hydrogen-bond donors (Lipinski definition) is 0. The smallest absolute Gasteiger partial charge is 0.138 e. The van der Waals surface area contributed by atoms with E-state index in [2.05, 4.69) is 13.1 Å². The Balaban J connectivity index is 2.91. The van der Waals surface area contributed by atoms with Crippen molar-refractivity contribution in [2.75, 3.05) is 0 Å². The van der Waals surface area contributed by atoms with Crippen molar-refractivity contribution in [1.29, 1.82) is 0 Å². The molecule has 74 valence electrons. The first-order chi connectivity index (χ1) is 5.63. The van der Waals surface area contributed by atoms with Gasteiger partial charge in [-0.15, -0.1) is 0 Å². The van der Waals surface area contributed by atoms with Gasteiger partial charge in [-0.05, 0) is 12.1 Å². The largest absolute Gasteiger partial charge is 0.172 e. The third-order valence-corrected chi connectivity index (χ3v) is 5.67. The summed E-state index contributed by atoms with van der Waals surface area (Å²) >= 11 is 11.9. The zero-order valence-electron chi connectivity index (χ0n) is 8.15. The number of halogens is 2. The summed E-state index contributed by atoms with van der Waals surface area (Å²) in [5.41, 5.74) is 0. The summed E-state index contributed by atoms with van der Waals surface area (Å²) in [5.74, 6) is 0. The average Bonchev–Trinajstić information content (AvgIpc) is 1.95. The molecule has 0 saturated carbocycles. The zero-order valence-corrected chi connectivity index (χ0v) is 12.0. The molecule has 0 rings (SSSR count). The Hall–Kier alpha value is 1.01. The molecule has 0 radical (unpaired) electrons. The van der Waals surface area contributed by atoms with Gasteiger partial charge in [0, 0.05) is 0 Å². The van der Waals surface area contributed by atoms with Gasteiger partial charge < -0.3 is 0 Å². The van der Waals surface area contributed by atoms with Crippen LogP contribution in [0.2, 0.25) is 25.2 Å². The lowest BCUT2D eigenvalue weighted by molar-refractivity contribution is 0.698. The standard InChI is InChI=1S/C8H20Cl2Si2/c1-11(9)7-5-3-4-6-8-12(2)10/h11-12H,3-8H2,1-2H3. The lowest BCUT2D eigenvalue weighted by Gasteiger charge is -2.02. The lowest BCUT2D eigenvalue weighted by atomic mass is 10.2. The van der Waals surface area contributed by atoms with E-state index in [1.54, 1.807) is 0 Å². The van der Waals surface area contributed by atoms with E-state index in [0.717, 1.165) is 0 Å². The van der Waals surface area contributed by atoms with Crippen molar-refractivity contribution in [2.45, 2.75) is 50.9 Å². The summed E-state index contributed by atoms with van der Waals surface area (Å²) < 4.78 is 0. The van der Waals surface area contributed by atoms with E-state index in [0.29, 0.717) is 0 Å². The molecule has 0 aromatic heterocycles. The minimum Gasteiger partial charge on any atom is -0.172 e. The molecule has 2 unspecified atom stereocenters. The summed E-state index contributed by atoms with van der Waals surface area (Å²) in [6, 6.07) is 2.60. The monoisotopic (exact) mass is 242 g/mol. The lowest BCUT2D eigenvalue weighted by Crippen LogP contribution is -1.96. The summed E-state index contributed by atoms with van der Waals surface area (Å²) in [4.78, 5) is 0. The molecular formula is C8H20Cl2Si2. The molecule has 0 aromatic carbocycles.